The number of carbonyl (C=O) groups excluding carboxylic acids is 3. The highest BCUT2D eigenvalue weighted by Gasteiger charge is 2.43. The molecule has 1 aliphatic heterocycles. The smallest absolute Gasteiger partial charge is 0.252 e. The first-order valence-corrected chi connectivity index (χ1v) is 16.2. The minimum Gasteiger partial charge on any atom is -0.496 e. The van der Waals surface area contributed by atoms with Gasteiger partial charge in [0, 0.05) is 22.2 Å². The number of benzene rings is 3. The van der Waals surface area contributed by atoms with Gasteiger partial charge in [-0.1, -0.05) is 54.0 Å². The maximum atomic E-state index is 14.4. The van der Waals surface area contributed by atoms with Crippen molar-refractivity contribution in [1.29, 1.82) is 0 Å². The number of methoxy groups -OCH3 is 1. The van der Waals surface area contributed by atoms with Crippen molar-refractivity contribution in [3.63, 3.8) is 0 Å². The number of carbonyl (C=O) groups is 3. The van der Waals surface area contributed by atoms with Crippen LogP contribution in [0.15, 0.2) is 59.1 Å². The van der Waals surface area contributed by atoms with E-state index in [0.29, 0.717) is 23.5 Å². The van der Waals surface area contributed by atoms with Crippen molar-refractivity contribution in [2.45, 2.75) is 45.8 Å². The van der Waals surface area contributed by atoms with Crippen molar-refractivity contribution < 1.29 is 27.5 Å². The van der Waals surface area contributed by atoms with E-state index in [2.05, 4.69) is 21.2 Å². The average Bonchev–Trinajstić information content (AvgIpc) is 3.00. The number of sulfone groups is 1. The Kier molecular flexibility index (Phi) is 9.08. The lowest BCUT2D eigenvalue weighted by Gasteiger charge is -2.32. The van der Waals surface area contributed by atoms with Crippen molar-refractivity contribution in [1.82, 2.24) is 5.32 Å². The molecule has 4 rings (SSSR count). The Hall–Kier alpha value is -3.44. The fraction of sp³-hybridized carbons (Fsp3) is 0.367. The Morgan fingerprint density at radius 1 is 1.05 bits per heavy atom. The molecule has 0 bridgehead atoms. The predicted octanol–water partition coefficient (Wildman–Crippen LogP) is 4.45. The fourth-order valence-corrected chi connectivity index (χ4v) is 6.20. The van der Waals surface area contributed by atoms with Crippen LogP contribution in [0.2, 0.25) is 0 Å². The summed E-state index contributed by atoms with van der Waals surface area (Å²) < 4.78 is 30.9. The molecule has 3 amide bonds. The van der Waals surface area contributed by atoms with Crippen LogP contribution in [0.4, 0.5) is 11.4 Å². The van der Waals surface area contributed by atoms with Gasteiger partial charge >= 0.3 is 0 Å². The number of anilines is 2. The fourth-order valence-electron chi connectivity index (χ4n) is 5.11. The van der Waals surface area contributed by atoms with Gasteiger partial charge in [0.05, 0.1) is 31.1 Å². The molecule has 41 heavy (non-hydrogen) atoms. The van der Waals surface area contributed by atoms with Gasteiger partial charge in [0.15, 0.2) is 9.84 Å². The maximum absolute atomic E-state index is 14.4. The second-order valence-corrected chi connectivity index (χ2v) is 13.4. The summed E-state index contributed by atoms with van der Waals surface area (Å²) in [6.07, 6.45) is 1.55. The Labute approximate surface area is 248 Å². The molecule has 3 aromatic rings. The molecule has 0 aliphatic carbocycles. The largest absolute Gasteiger partial charge is 0.496 e. The van der Waals surface area contributed by atoms with Gasteiger partial charge in [0.2, 0.25) is 11.8 Å². The van der Waals surface area contributed by atoms with E-state index in [4.69, 9.17) is 4.74 Å². The van der Waals surface area contributed by atoms with Crippen LogP contribution < -0.4 is 19.9 Å². The van der Waals surface area contributed by atoms with Crippen LogP contribution in [0.25, 0.3) is 10.8 Å². The summed E-state index contributed by atoms with van der Waals surface area (Å²) in [5.74, 6) is -1.97. The number of hydrogen-bond donors (Lipinski definition) is 1. The Bertz CT molecular complexity index is 1610. The number of hydrogen-bond acceptors (Lipinski definition) is 6. The van der Waals surface area contributed by atoms with Crippen LogP contribution >= 0.6 is 15.9 Å². The molecule has 1 aliphatic rings. The summed E-state index contributed by atoms with van der Waals surface area (Å²) >= 11 is 3.60. The second kappa shape index (κ2) is 12.2. The van der Waals surface area contributed by atoms with Gasteiger partial charge in [-0.2, -0.15) is 0 Å². The zero-order valence-corrected chi connectivity index (χ0v) is 26.1. The summed E-state index contributed by atoms with van der Waals surface area (Å²) in [6.45, 7) is 5.36. The molecule has 0 unspecified atom stereocenters. The molecule has 3 aromatic carbocycles. The Morgan fingerprint density at radius 3 is 2.37 bits per heavy atom. The average molecular weight is 645 g/mol. The quantitative estimate of drug-likeness (QED) is 0.388. The minimum absolute atomic E-state index is 0.0728. The first kappa shape index (κ1) is 30.5. The van der Waals surface area contributed by atoms with Crippen molar-refractivity contribution in [2.75, 3.05) is 28.9 Å². The van der Waals surface area contributed by atoms with E-state index >= 15 is 0 Å². The van der Waals surface area contributed by atoms with Crippen LogP contribution in [0.5, 0.6) is 5.75 Å². The zero-order chi connectivity index (χ0) is 30.1. The van der Waals surface area contributed by atoms with Gasteiger partial charge in [-0.25, -0.2) is 8.42 Å². The summed E-state index contributed by atoms with van der Waals surface area (Å²) in [5.41, 5.74) is 1.54. The van der Waals surface area contributed by atoms with Crippen LogP contribution in [-0.4, -0.2) is 57.3 Å². The van der Waals surface area contributed by atoms with E-state index in [1.807, 2.05) is 37.3 Å². The molecule has 218 valence electrons. The third-order valence-electron chi connectivity index (χ3n) is 7.48. The van der Waals surface area contributed by atoms with Crippen molar-refractivity contribution >= 4 is 65.6 Å². The SMILES string of the molecule is CC[C@@H](C)C(=O)N[C@@H]1C(=O)N(Cc2c(OC)ccc3c(Br)cccc23)c2ccccc2N(C(=O)CS(C)(=O)=O)[C@H]1C. The van der Waals surface area contributed by atoms with E-state index < -0.39 is 39.5 Å². The zero-order valence-electron chi connectivity index (χ0n) is 23.7. The van der Waals surface area contributed by atoms with E-state index in [1.165, 1.54) is 4.90 Å². The van der Waals surface area contributed by atoms with Gasteiger partial charge in [0.25, 0.3) is 5.91 Å². The lowest BCUT2D eigenvalue weighted by Crippen LogP contribution is -2.59. The molecule has 11 heteroatoms. The maximum Gasteiger partial charge on any atom is 0.252 e. The van der Waals surface area contributed by atoms with Gasteiger partial charge < -0.3 is 19.9 Å². The Balaban J connectivity index is 1.93. The van der Waals surface area contributed by atoms with Crippen LogP contribution in [0, 0.1) is 5.92 Å². The van der Waals surface area contributed by atoms with Gasteiger partial charge in [-0.3, -0.25) is 14.4 Å². The number of rotatable bonds is 8. The molecule has 0 aromatic heterocycles. The highest BCUT2D eigenvalue weighted by Crippen LogP contribution is 2.39. The Morgan fingerprint density at radius 2 is 1.73 bits per heavy atom. The summed E-state index contributed by atoms with van der Waals surface area (Å²) in [6, 6.07) is 14.4. The standard InChI is InChI=1S/C30H34BrN3O6S/c1-6-18(2)29(36)32-28-19(3)34(27(35)17-41(5,38)39)25-13-8-7-12-24(25)33(30(28)37)16-22-20-10-9-11-23(31)21(20)14-15-26(22)40-4/h7-15,18-19,28H,6,16-17H2,1-5H3,(H,32,36)/t18-,19+,28+/m1/s1. The monoisotopic (exact) mass is 643 g/mol. The number of fused-ring (bicyclic) bond motifs is 2. The van der Waals surface area contributed by atoms with Crippen LogP contribution in [0.1, 0.15) is 32.8 Å². The molecule has 1 N–H and O–H groups in total. The molecule has 3 atom stereocenters. The number of nitrogens with zero attached hydrogens (tertiary/aromatic N) is 2. The summed E-state index contributed by atoms with van der Waals surface area (Å²) in [7, 11) is -2.12. The van der Waals surface area contributed by atoms with E-state index in [9.17, 15) is 22.8 Å². The summed E-state index contributed by atoms with van der Waals surface area (Å²) in [5, 5.41) is 4.67. The van der Waals surface area contributed by atoms with Crippen molar-refractivity contribution in [3.05, 3.63) is 64.6 Å². The molecule has 0 spiro atoms. The third-order valence-corrected chi connectivity index (χ3v) is 8.94. The lowest BCUT2D eigenvalue weighted by atomic mass is 10.0. The summed E-state index contributed by atoms with van der Waals surface area (Å²) in [4.78, 5) is 43.9. The van der Waals surface area contributed by atoms with Crippen molar-refractivity contribution in [2.24, 2.45) is 5.92 Å². The molecule has 0 fully saturated rings. The number of para-hydroxylation sites is 2. The number of ether oxygens (including phenoxy) is 1. The molecule has 0 saturated carbocycles. The lowest BCUT2D eigenvalue weighted by molar-refractivity contribution is -0.130. The minimum atomic E-state index is -3.68. The van der Waals surface area contributed by atoms with Crippen LogP contribution in [-0.2, 0) is 30.8 Å². The number of nitrogens with one attached hydrogen (secondary N) is 1. The molecule has 0 radical (unpaired) electrons. The van der Waals surface area contributed by atoms with Gasteiger partial charge in [-0.15, -0.1) is 0 Å². The predicted molar refractivity (Wildman–Crippen MR) is 164 cm³/mol. The number of halogens is 1. The highest BCUT2D eigenvalue weighted by molar-refractivity contribution is 9.10. The molecular formula is C30H34BrN3O6S. The third kappa shape index (κ3) is 6.25. The second-order valence-electron chi connectivity index (χ2n) is 10.4. The number of amides is 3. The van der Waals surface area contributed by atoms with Gasteiger partial charge in [0.1, 0.15) is 17.5 Å². The first-order chi connectivity index (χ1) is 19.4. The van der Waals surface area contributed by atoms with Crippen molar-refractivity contribution in [3.8, 4) is 5.75 Å². The topological polar surface area (TPSA) is 113 Å². The molecular weight excluding hydrogens is 610 g/mol. The van der Waals surface area contributed by atoms with Crippen LogP contribution in [0.3, 0.4) is 0 Å². The van der Waals surface area contributed by atoms with Gasteiger partial charge in [-0.05, 0) is 54.4 Å². The normalized spacial score (nSPS) is 18.0. The first-order valence-electron chi connectivity index (χ1n) is 13.3. The molecule has 0 saturated heterocycles. The highest BCUT2D eigenvalue weighted by atomic mass is 79.9. The van der Waals surface area contributed by atoms with E-state index in [0.717, 1.165) is 27.1 Å². The molecule has 9 nitrogen and oxygen atoms in total. The van der Waals surface area contributed by atoms with E-state index in [-0.39, 0.29) is 18.4 Å². The molecule has 1 heterocycles. The van der Waals surface area contributed by atoms with E-state index in [1.54, 1.807) is 50.1 Å².